The maximum Gasteiger partial charge on any atom is 0.342 e. The molecule has 0 aliphatic rings. The van der Waals surface area contributed by atoms with Gasteiger partial charge in [-0.2, -0.15) is 0 Å². The third-order valence-corrected chi connectivity index (χ3v) is 4.59. The van der Waals surface area contributed by atoms with Crippen LogP contribution in [0.1, 0.15) is 17.0 Å². The summed E-state index contributed by atoms with van der Waals surface area (Å²) in [6.07, 6.45) is 1.54. The van der Waals surface area contributed by atoms with Gasteiger partial charge >= 0.3 is 5.97 Å². The van der Waals surface area contributed by atoms with E-state index in [2.05, 4.69) is 15.2 Å². The molecule has 0 radical (unpaired) electrons. The molecule has 2 aromatic carbocycles. The molecule has 3 aromatic rings. The summed E-state index contributed by atoms with van der Waals surface area (Å²) in [4.78, 5) is 15.8. The number of rotatable bonds is 8. The van der Waals surface area contributed by atoms with Crippen molar-refractivity contribution in [3.63, 3.8) is 0 Å². The summed E-state index contributed by atoms with van der Waals surface area (Å²) < 4.78 is 11.2. The number of hydrogen-bond donors (Lipinski definition) is 2. The first-order valence-corrected chi connectivity index (χ1v) is 9.23. The van der Waals surface area contributed by atoms with E-state index in [0.717, 1.165) is 17.3 Å². The quantitative estimate of drug-likeness (QED) is 0.439. The summed E-state index contributed by atoms with van der Waals surface area (Å²) in [6, 6.07) is 15.1. The van der Waals surface area contributed by atoms with Crippen LogP contribution in [0.2, 0.25) is 0 Å². The second-order valence-corrected chi connectivity index (χ2v) is 6.81. The Labute approximate surface area is 166 Å². The van der Waals surface area contributed by atoms with E-state index in [1.807, 2.05) is 30.3 Å². The van der Waals surface area contributed by atoms with Crippen LogP contribution in [0, 0.1) is 6.92 Å². The van der Waals surface area contributed by atoms with Gasteiger partial charge in [-0.05, 0) is 48.0 Å². The van der Waals surface area contributed by atoms with Crippen LogP contribution < -0.4 is 9.47 Å². The van der Waals surface area contributed by atoms with Crippen molar-refractivity contribution in [3.05, 3.63) is 70.4 Å². The Kier molecular flexibility index (Phi) is 6.33. The molecular formula is C20H19N3O4S. The minimum Gasteiger partial charge on any atom is -0.493 e. The fraction of sp³-hybridized carbons (Fsp3) is 0.150. The molecule has 0 aliphatic heterocycles. The van der Waals surface area contributed by atoms with Crippen LogP contribution in [-0.2, 0) is 11.4 Å². The number of carbonyl (C=O) groups is 1. The number of hydrogen-bond acceptors (Lipinski definition) is 6. The molecule has 1 heterocycles. The van der Waals surface area contributed by atoms with Crippen molar-refractivity contribution in [2.24, 2.45) is 0 Å². The van der Waals surface area contributed by atoms with Crippen molar-refractivity contribution in [1.82, 2.24) is 15.2 Å². The van der Waals surface area contributed by atoms with Crippen LogP contribution >= 0.6 is 11.8 Å². The molecule has 1 aromatic heterocycles. The van der Waals surface area contributed by atoms with E-state index in [9.17, 15) is 9.90 Å². The van der Waals surface area contributed by atoms with E-state index in [1.165, 1.54) is 0 Å². The molecule has 7 nitrogen and oxygen atoms in total. The molecule has 8 heteroatoms. The molecule has 0 aliphatic carbocycles. The average Bonchev–Trinajstić information content (AvgIpc) is 3.11. The lowest BCUT2D eigenvalue weighted by molar-refractivity contribution is -0.131. The summed E-state index contributed by atoms with van der Waals surface area (Å²) in [5.74, 6) is 0.662. The van der Waals surface area contributed by atoms with Gasteiger partial charge in [0.1, 0.15) is 17.3 Å². The van der Waals surface area contributed by atoms with Gasteiger partial charge in [-0.25, -0.2) is 9.78 Å². The number of thioether (sulfide) groups is 1. The van der Waals surface area contributed by atoms with Gasteiger partial charge in [-0.15, -0.1) is 5.10 Å². The van der Waals surface area contributed by atoms with Crippen molar-refractivity contribution < 1.29 is 19.4 Å². The fourth-order valence-electron chi connectivity index (χ4n) is 2.38. The Hall–Kier alpha value is -3.26. The number of benzene rings is 2. The highest BCUT2D eigenvalue weighted by atomic mass is 32.2. The van der Waals surface area contributed by atoms with Gasteiger partial charge in [0, 0.05) is 0 Å². The lowest BCUT2D eigenvalue weighted by Gasteiger charge is -2.11. The molecule has 0 atom stereocenters. The van der Waals surface area contributed by atoms with E-state index >= 15 is 0 Å². The lowest BCUT2D eigenvalue weighted by atomic mass is 10.2. The maximum atomic E-state index is 11.6. The number of carboxylic acid groups (broad SMARTS) is 1. The Morgan fingerprint density at radius 1 is 1.21 bits per heavy atom. The van der Waals surface area contributed by atoms with Gasteiger partial charge in [0.25, 0.3) is 0 Å². The van der Waals surface area contributed by atoms with Gasteiger partial charge < -0.3 is 14.6 Å². The molecule has 3 rings (SSSR count). The summed E-state index contributed by atoms with van der Waals surface area (Å²) >= 11 is 0.974. The summed E-state index contributed by atoms with van der Waals surface area (Å²) in [5, 5.41) is 16.5. The SMILES string of the molecule is COc1cc(/C=C(\Sc2n[nH]c(C)n2)C(=O)O)ccc1OCc1ccccc1. The molecule has 2 N–H and O–H groups in total. The molecule has 0 amide bonds. The number of nitrogens with zero attached hydrogens (tertiary/aromatic N) is 2. The van der Waals surface area contributed by atoms with Gasteiger partial charge in [0.2, 0.25) is 5.16 Å². The van der Waals surface area contributed by atoms with Crippen LogP contribution in [0.15, 0.2) is 58.6 Å². The number of carboxylic acids is 1. The van der Waals surface area contributed by atoms with Gasteiger partial charge in [0.15, 0.2) is 11.5 Å². The van der Waals surface area contributed by atoms with E-state index in [1.54, 1.807) is 38.3 Å². The molecule has 0 spiro atoms. The Morgan fingerprint density at radius 3 is 2.64 bits per heavy atom. The Balaban J connectivity index is 1.79. The first kappa shape index (κ1) is 19.5. The molecule has 0 unspecified atom stereocenters. The molecule has 0 saturated carbocycles. The smallest absolute Gasteiger partial charge is 0.342 e. The molecule has 144 valence electrons. The van der Waals surface area contributed by atoms with Crippen molar-refractivity contribution in [3.8, 4) is 11.5 Å². The van der Waals surface area contributed by atoms with Gasteiger partial charge in [-0.3, -0.25) is 5.10 Å². The summed E-state index contributed by atoms with van der Waals surface area (Å²) in [6.45, 7) is 2.16. The fourth-order valence-corrected chi connectivity index (χ4v) is 3.13. The number of ether oxygens (including phenoxy) is 2. The van der Waals surface area contributed by atoms with Crippen molar-refractivity contribution >= 4 is 23.8 Å². The molecule has 0 saturated heterocycles. The Bertz CT molecular complexity index is 986. The van der Waals surface area contributed by atoms with Crippen LogP contribution in [0.5, 0.6) is 11.5 Å². The minimum atomic E-state index is -1.06. The number of aromatic nitrogens is 3. The topological polar surface area (TPSA) is 97.3 Å². The van der Waals surface area contributed by atoms with E-state index in [-0.39, 0.29) is 4.91 Å². The maximum absolute atomic E-state index is 11.6. The van der Waals surface area contributed by atoms with E-state index in [4.69, 9.17) is 9.47 Å². The summed E-state index contributed by atoms with van der Waals surface area (Å²) in [7, 11) is 1.54. The standard InChI is InChI=1S/C20H19N3O4S/c1-13-21-20(23-22-13)28-18(19(24)25)11-15-8-9-16(17(10-15)26-2)27-12-14-6-4-3-5-7-14/h3-11H,12H2,1-2H3,(H,24,25)(H,21,22,23)/b18-11-. The molecule has 28 heavy (non-hydrogen) atoms. The second-order valence-electron chi connectivity index (χ2n) is 5.80. The highest BCUT2D eigenvalue weighted by Gasteiger charge is 2.14. The Morgan fingerprint density at radius 2 is 2.00 bits per heavy atom. The molecule has 0 fully saturated rings. The third kappa shape index (κ3) is 5.14. The average molecular weight is 397 g/mol. The number of aryl methyl sites for hydroxylation is 1. The lowest BCUT2D eigenvalue weighted by Crippen LogP contribution is -1.99. The van der Waals surface area contributed by atoms with Crippen LogP contribution in [0.4, 0.5) is 0 Å². The predicted octanol–water partition coefficient (Wildman–Crippen LogP) is 3.92. The van der Waals surface area contributed by atoms with Gasteiger partial charge in [0.05, 0.1) is 7.11 Å². The number of nitrogens with one attached hydrogen (secondary N) is 1. The van der Waals surface area contributed by atoms with E-state index in [0.29, 0.717) is 34.7 Å². The highest BCUT2D eigenvalue weighted by Crippen LogP contribution is 2.31. The zero-order valence-electron chi connectivity index (χ0n) is 15.4. The van der Waals surface area contributed by atoms with Crippen LogP contribution in [-0.4, -0.2) is 33.4 Å². The van der Waals surface area contributed by atoms with E-state index < -0.39 is 5.97 Å². The number of methoxy groups -OCH3 is 1. The largest absolute Gasteiger partial charge is 0.493 e. The monoisotopic (exact) mass is 397 g/mol. The van der Waals surface area contributed by atoms with Crippen LogP contribution in [0.3, 0.4) is 0 Å². The number of aromatic amines is 1. The minimum absolute atomic E-state index is 0.0963. The highest BCUT2D eigenvalue weighted by molar-refractivity contribution is 8.04. The normalized spacial score (nSPS) is 11.3. The van der Waals surface area contributed by atoms with Crippen molar-refractivity contribution in [2.75, 3.05) is 7.11 Å². The third-order valence-electron chi connectivity index (χ3n) is 3.71. The second kappa shape index (κ2) is 9.09. The zero-order chi connectivity index (χ0) is 19.9. The zero-order valence-corrected chi connectivity index (χ0v) is 16.2. The molecule has 0 bridgehead atoms. The van der Waals surface area contributed by atoms with Crippen molar-refractivity contribution in [2.45, 2.75) is 18.7 Å². The first-order valence-electron chi connectivity index (χ1n) is 8.42. The summed E-state index contributed by atoms with van der Waals surface area (Å²) in [5.41, 5.74) is 1.71. The van der Waals surface area contributed by atoms with Gasteiger partial charge in [-0.1, -0.05) is 36.4 Å². The van der Waals surface area contributed by atoms with Crippen LogP contribution in [0.25, 0.3) is 6.08 Å². The first-order chi connectivity index (χ1) is 13.5. The van der Waals surface area contributed by atoms with Crippen molar-refractivity contribution in [1.29, 1.82) is 0 Å². The number of aliphatic carboxylic acids is 1. The molecular weight excluding hydrogens is 378 g/mol. The number of H-pyrrole nitrogens is 1. The predicted molar refractivity (Wildman–Crippen MR) is 106 cm³/mol.